The zero-order valence-electron chi connectivity index (χ0n) is 16.7. The monoisotopic (exact) mass is 664 g/mol. The summed E-state index contributed by atoms with van der Waals surface area (Å²) in [6.07, 6.45) is -65.3. The van der Waals surface area contributed by atoms with Crippen LogP contribution in [0.5, 0.6) is 0 Å². The number of halogens is 24. The maximum absolute atomic E-state index is 14.0. The molecule has 0 aromatic rings. The van der Waals surface area contributed by atoms with E-state index in [9.17, 15) is 110 Å². The van der Waals surface area contributed by atoms with E-state index >= 15 is 0 Å². The number of Topliss-reactive ketones (excluding diaryl/α,β-unsaturated/α-hetero) is 1. The number of carbonyl (C=O) groups is 1. The van der Waals surface area contributed by atoms with Crippen LogP contribution in [0.3, 0.4) is 0 Å². The zero-order valence-corrected chi connectivity index (χ0v) is 16.7. The van der Waals surface area contributed by atoms with Crippen LogP contribution in [0, 0.1) is 0 Å². The number of ether oxygens (including phenoxy) is 3. The molecular weight excluding hydrogens is 664 g/mol. The first-order valence-corrected chi connectivity index (χ1v) is 7.96. The SMILES string of the molecule is O=C(C(F)(F)F)C(F)(F)OC(F)(C(F)(F)F)C(F)(F)OC(F)(C(F)(F)F)C(F)(F)OC(F)(C(F)(F)F)C(F)(F)F. The predicted octanol–water partition coefficient (Wildman–Crippen LogP) is 7.19. The molecule has 0 heterocycles. The second-order valence-corrected chi connectivity index (χ2v) is 6.46. The molecule has 0 aromatic carbocycles. The lowest BCUT2D eigenvalue weighted by atomic mass is 10.2. The van der Waals surface area contributed by atoms with Crippen molar-refractivity contribution in [3.05, 3.63) is 0 Å². The van der Waals surface area contributed by atoms with Crippen LogP contribution < -0.4 is 0 Å². The third-order valence-corrected chi connectivity index (χ3v) is 3.54. The number of hydrogen-bond acceptors (Lipinski definition) is 4. The molecule has 0 saturated heterocycles. The Balaban J connectivity index is 7.23. The quantitative estimate of drug-likeness (QED) is 0.245. The lowest BCUT2D eigenvalue weighted by Crippen LogP contribution is -2.70. The molecule has 28 heteroatoms. The smallest absolute Gasteiger partial charge is 0.280 e. The molecule has 4 nitrogen and oxygen atoms in total. The fraction of sp³-hybridized carbons (Fsp3) is 0.917. The lowest BCUT2D eigenvalue weighted by molar-refractivity contribution is -0.577. The second-order valence-electron chi connectivity index (χ2n) is 6.46. The molecule has 2 atom stereocenters. The Kier molecular flexibility index (Phi) is 9.20. The summed E-state index contributed by atoms with van der Waals surface area (Å²) < 4.78 is 311. The third kappa shape index (κ3) is 6.51. The maximum Gasteiger partial charge on any atom is 0.459 e. The number of alkyl halides is 24. The van der Waals surface area contributed by atoms with Crippen molar-refractivity contribution in [1.29, 1.82) is 0 Å². The van der Waals surface area contributed by atoms with Gasteiger partial charge >= 0.3 is 72.6 Å². The highest BCUT2D eigenvalue weighted by Gasteiger charge is 2.88. The Hall–Kier alpha value is -2.13. The van der Waals surface area contributed by atoms with Crippen molar-refractivity contribution >= 4 is 5.78 Å². The van der Waals surface area contributed by atoms with Crippen LogP contribution in [-0.4, -0.2) is 72.6 Å². The van der Waals surface area contributed by atoms with E-state index in [4.69, 9.17) is 0 Å². The van der Waals surface area contributed by atoms with Gasteiger partial charge < -0.3 is 0 Å². The van der Waals surface area contributed by atoms with Crippen LogP contribution in [0.2, 0.25) is 0 Å². The highest BCUT2D eigenvalue weighted by molar-refractivity contribution is 5.89. The van der Waals surface area contributed by atoms with Crippen molar-refractivity contribution in [2.45, 2.75) is 66.8 Å². The van der Waals surface area contributed by atoms with Gasteiger partial charge in [-0.15, -0.1) is 0 Å². The van der Waals surface area contributed by atoms with Gasteiger partial charge in [-0.1, -0.05) is 0 Å². The molecular formula is C12F24O4. The topological polar surface area (TPSA) is 44.8 Å². The lowest BCUT2D eigenvalue weighted by Gasteiger charge is -2.42. The third-order valence-electron chi connectivity index (χ3n) is 3.54. The number of ketones is 1. The Morgan fingerprint density at radius 3 is 0.800 bits per heavy atom. The van der Waals surface area contributed by atoms with Gasteiger partial charge in [0.05, 0.1) is 0 Å². The van der Waals surface area contributed by atoms with E-state index in [1.54, 1.807) is 0 Å². The molecule has 0 fully saturated rings. The fourth-order valence-electron chi connectivity index (χ4n) is 1.71. The minimum atomic E-state index is -8.79. The molecule has 0 rings (SSSR count). The largest absolute Gasteiger partial charge is 0.459 e. The standard InChI is InChI=1S/C12F24O4/c13-2(14,15)1(37)3(16,17)38-5(19,9(27,28)29)11(33,34)40-6(20,10(30,31)32)12(35,36)39-4(18,7(21,22)23)8(24,25)26. The molecule has 240 valence electrons. The number of rotatable bonds is 9. The first kappa shape index (κ1) is 37.9. The summed E-state index contributed by atoms with van der Waals surface area (Å²) in [5.41, 5.74) is 0. The molecule has 0 aliphatic rings. The molecule has 0 amide bonds. The average molecular weight is 664 g/mol. The van der Waals surface area contributed by atoms with Crippen molar-refractivity contribution in [1.82, 2.24) is 0 Å². The van der Waals surface area contributed by atoms with Gasteiger partial charge in [0, 0.05) is 0 Å². The Morgan fingerprint density at radius 2 is 0.575 bits per heavy atom. The van der Waals surface area contributed by atoms with Gasteiger partial charge in [0.15, 0.2) is 0 Å². The van der Waals surface area contributed by atoms with E-state index in [-0.39, 0.29) is 0 Å². The van der Waals surface area contributed by atoms with Crippen molar-refractivity contribution in [2.24, 2.45) is 0 Å². The van der Waals surface area contributed by atoms with Gasteiger partial charge in [0.1, 0.15) is 0 Å². The molecule has 0 aromatic heterocycles. The van der Waals surface area contributed by atoms with Crippen LogP contribution in [-0.2, 0) is 19.0 Å². The van der Waals surface area contributed by atoms with E-state index in [2.05, 4.69) is 0 Å². The zero-order chi connectivity index (χ0) is 33.2. The van der Waals surface area contributed by atoms with Crippen molar-refractivity contribution < 1.29 is 124 Å². The van der Waals surface area contributed by atoms with Crippen LogP contribution in [0.25, 0.3) is 0 Å². The van der Waals surface area contributed by atoms with Gasteiger partial charge in [0.25, 0.3) is 0 Å². The van der Waals surface area contributed by atoms with Gasteiger partial charge in [-0.05, 0) is 0 Å². The van der Waals surface area contributed by atoms with Crippen LogP contribution in [0.15, 0.2) is 0 Å². The molecule has 40 heavy (non-hydrogen) atoms. The maximum atomic E-state index is 14.0. The van der Waals surface area contributed by atoms with Crippen LogP contribution in [0.4, 0.5) is 105 Å². The summed E-state index contributed by atoms with van der Waals surface area (Å²) >= 11 is 0. The Bertz CT molecular complexity index is 907. The van der Waals surface area contributed by atoms with Gasteiger partial charge in [-0.3, -0.25) is 19.0 Å². The minimum Gasteiger partial charge on any atom is -0.280 e. The first-order valence-electron chi connectivity index (χ1n) is 7.96. The minimum absolute atomic E-state index is 0.975. The number of carbonyl (C=O) groups excluding carboxylic acids is 1. The van der Waals surface area contributed by atoms with Crippen LogP contribution in [0.1, 0.15) is 0 Å². The van der Waals surface area contributed by atoms with E-state index in [0.717, 1.165) is 9.47 Å². The Morgan fingerprint density at radius 1 is 0.350 bits per heavy atom. The summed E-state index contributed by atoms with van der Waals surface area (Å²) in [6, 6.07) is 0. The molecule has 0 spiro atoms. The van der Waals surface area contributed by atoms with Crippen LogP contribution >= 0.6 is 0 Å². The van der Waals surface area contributed by atoms with Crippen molar-refractivity contribution in [2.75, 3.05) is 0 Å². The molecule has 0 aliphatic heterocycles. The molecule has 2 unspecified atom stereocenters. The first-order chi connectivity index (χ1) is 16.8. The van der Waals surface area contributed by atoms with E-state index in [1.807, 2.05) is 0 Å². The van der Waals surface area contributed by atoms with Crippen molar-refractivity contribution in [3.8, 4) is 0 Å². The van der Waals surface area contributed by atoms with E-state index < -0.39 is 72.6 Å². The highest BCUT2D eigenvalue weighted by atomic mass is 19.4. The fourth-order valence-corrected chi connectivity index (χ4v) is 1.71. The molecule has 0 bridgehead atoms. The predicted molar refractivity (Wildman–Crippen MR) is 64.9 cm³/mol. The summed E-state index contributed by atoms with van der Waals surface area (Å²) in [7, 11) is 0. The van der Waals surface area contributed by atoms with E-state index in [0.29, 0.717) is 0 Å². The second kappa shape index (κ2) is 9.72. The normalized spacial score (nSPS) is 18.8. The molecule has 0 radical (unpaired) electrons. The summed E-state index contributed by atoms with van der Waals surface area (Å²) in [4.78, 5) is 10.3. The van der Waals surface area contributed by atoms with Crippen molar-refractivity contribution in [3.63, 3.8) is 0 Å². The number of hydrogen-bond donors (Lipinski definition) is 0. The average Bonchev–Trinajstić information content (AvgIpc) is 2.61. The molecule has 0 N–H and O–H groups in total. The molecule has 0 aliphatic carbocycles. The Labute approximate surface area is 198 Å². The van der Waals surface area contributed by atoms with Gasteiger partial charge in [-0.25, -0.2) is 0 Å². The summed E-state index contributed by atoms with van der Waals surface area (Å²) in [5.74, 6) is -30.7. The summed E-state index contributed by atoms with van der Waals surface area (Å²) in [6.45, 7) is 0. The van der Waals surface area contributed by atoms with Gasteiger partial charge in [-0.2, -0.15) is 105 Å². The highest BCUT2D eigenvalue weighted by Crippen LogP contribution is 2.59. The van der Waals surface area contributed by atoms with E-state index in [1.165, 1.54) is 4.74 Å². The molecule has 0 saturated carbocycles. The van der Waals surface area contributed by atoms with Gasteiger partial charge in [0.2, 0.25) is 0 Å². The summed E-state index contributed by atoms with van der Waals surface area (Å²) in [5, 5.41) is 0.